The van der Waals surface area contributed by atoms with Gasteiger partial charge in [0.1, 0.15) is 13.1 Å². The molecule has 0 spiro atoms. The molecule has 0 saturated carbocycles. The molecule has 1 aromatic rings. The third-order valence-corrected chi connectivity index (χ3v) is 5.13. The summed E-state index contributed by atoms with van der Waals surface area (Å²) >= 11 is 0. The van der Waals surface area contributed by atoms with Crippen molar-refractivity contribution in [2.75, 3.05) is 18.0 Å². The summed E-state index contributed by atoms with van der Waals surface area (Å²) in [5, 5.41) is 20.8. The number of nitrogens with one attached hydrogen (secondary N) is 1. The van der Waals surface area contributed by atoms with Gasteiger partial charge in [0.25, 0.3) is 0 Å². The maximum absolute atomic E-state index is 12.8. The molecule has 1 amide bonds. The van der Waals surface area contributed by atoms with Crippen LogP contribution in [0, 0.1) is 28.1 Å². The van der Waals surface area contributed by atoms with Gasteiger partial charge in [0.05, 0.1) is 12.1 Å². The molecular formula is C21H22N4O2. The molecule has 1 heterocycles. The summed E-state index contributed by atoms with van der Waals surface area (Å²) in [5.41, 5.74) is 3.02. The first-order valence-electron chi connectivity index (χ1n) is 8.99. The van der Waals surface area contributed by atoms with Crippen LogP contribution < -0.4 is 10.2 Å². The van der Waals surface area contributed by atoms with Crippen molar-refractivity contribution in [1.29, 1.82) is 10.5 Å². The lowest BCUT2D eigenvalue weighted by Crippen LogP contribution is -2.40. The van der Waals surface area contributed by atoms with Crippen LogP contribution in [0.2, 0.25) is 0 Å². The number of carbonyl (C=O) groups is 2. The zero-order valence-corrected chi connectivity index (χ0v) is 15.6. The lowest BCUT2D eigenvalue weighted by Gasteiger charge is -2.37. The zero-order chi connectivity index (χ0) is 19.6. The Bertz CT molecular complexity index is 868. The largest absolute Gasteiger partial charge is 0.345 e. The number of amides is 1. The molecule has 3 rings (SSSR count). The molecule has 0 radical (unpaired) electrons. The van der Waals surface area contributed by atoms with Gasteiger partial charge in [-0.15, -0.1) is 0 Å². The first-order valence-corrected chi connectivity index (χ1v) is 8.99. The van der Waals surface area contributed by atoms with E-state index in [2.05, 4.69) is 17.5 Å². The fraction of sp³-hybridized carbons (Fsp3) is 0.429. The van der Waals surface area contributed by atoms with Crippen molar-refractivity contribution < 1.29 is 9.59 Å². The molecule has 6 nitrogen and oxygen atoms in total. The number of nitrogens with zero attached hydrogens (tertiary/aromatic N) is 3. The minimum absolute atomic E-state index is 0.0658. The van der Waals surface area contributed by atoms with E-state index in [1.54, 1.807) is 4.90 Å². The van der Waals surface area contributed by atoms with Crippen molar-refractivity contribution in [3.8, 4) is 12.1 Å². The highest BCUT2D eigenvalue weighted by molar-refractivity contribution is 6.02. The molecule has 0 fully saturated rings. The Labute approximate surface area is 159 Å². The number of ketones is 1. The highest BCUT2D eigenvalue weighted by Crippen LogP contribution is 2.44. The molecule has 0 aromatic heterocycles. The number of hydrogen-bond acceptors (Lipinski definition) is 5. The van der Waals surface area contributed by atoms with Gasteiger partial charge in [0, 0.05) is 35.7 Å². The number of allylic oxidation sites excluding steroid dienone is 2. The Morgan fingerprint density at radius 1 is 1.11 bits per heavy atom. The summed E-state index contributed by atoms with van der Waals surface area (Å²) in [4.78, 5) is 26.7. The van der Waals surface area contributed by atoms with Gasteiger partial charge in [0.2, 0.25) is 5.91 Å². The second-order valence-electron chi connectivity index (χ2n) is 7.90. The third kappa shape index (κ3) is 3.85. The number of rotatable bonds is 4. The smallest absolute Gasteiger partial charge is 0.225 e. The molecule has 2 aliphatic rings. The summed E-state index contributed by atoms with van der Waals surface area (Å²) in [6.45, 7) is 4.33. The normalized spacial score (nSPS) is 21.0. The van der Waals surface area contributed by atoms with Crippen LogP contribution in [0.1, 0.15) is 44.6 Å². The molecule has 1 aliphatic carbocycles. The SMILES string of the molecule is CC1(C)CC(=O)C2=C(C1)NC(=O)CC2c1ccc(N(CC#N)CC#N)cc1. The quantitative estimate of drug-likeness (QED) is 0.831. The van der Waals surface area contributed by atoms with E-state index in [0.29, 0.717) is 12.8 Å². The van der Waals surface area contributed by atoms with Crippen LogP contribution in [0.15, 0.2) is 35.5 Å². The van der Waals surface area contributed by atoms with Crippen LogP contribution in [0.3, 0.4) is 0 Å². The van der Waals surface area contributed by atoms with E-state index in [1.807, 2.05) is 38.1 Å². The lowest BCUT2D eigenvalue weighted by molar-refractivity contribution is -0.122. The Morgan fingerprint density at radius 3 is 2.33 bits per heavy atom. The molecule has 27 heavy (non-hydrogen) atoms. The fourth-order valence-electron chi connectivity index (χ4n) is 3.97. The van der Waals surface area contributed by atoms with E-state index >= 15 is 0 Å². The molecule has 1 aliphatic heterocycles. The summed E-state index contributed by atoms with van der Waals surface area (Å²) in [7, 11) is 0. The monoisotopic (exact) mass is 362 g/mol. The highest BCUT2D eigenvalue weighted by atomic mass is 16.2. The van der Waals surface area contributed by atoms with Crippen LogP contribution in [-0.4, -0.2) is 24.8 Å². The van der Waals surface area contributed by atoms with E-state index in [-0.39, 0.29) is 42.5 Å². The van der Waals surface area contributed by atoms with Crippen molar-refractivity contribution in [2.45, 2.75) is 39.0 Å². The van der Waals surface area contributed by atoms with E-state index in [4.69, 9.17) is 10.5 Å². The zero-order valence-electron chi connectivity index (χ0n) is 15.6. The van der Waals surface area contributed by atoms with Gasteiger partial charge in [-0.25, -0.2) is 0 Å². The maximum Gasteiger partial charge on any atom is 0.225 e. The second-order valence-corrected chi connectivity index (χ2v) is 7.90. The molecule has 138 valence electrons. The Kier molecular flexibility index (Phi) is 5.01. The number of nitriles is 2. The van der Waals surface area contributed by atoms with Crippen LogP contribution in [-0.2, 0) is 9.59 Å². The number of benzene rings is 1. The van der Waals surface area contributed by atoms with Crippen molar-refractivity contribution in [2.24, 2.45) is 5.41 Å². The van der Waals surface area contributed by atoms with E-state index in [0.717, 1.165) is 22.5 Å². The van der Waals surface area contributed by atoms with Crippen LogP contribution >= 0.6 is 0 Å². The van der Waals surface area contributed by atoms with Gasteiger partial charge in [-0.2, -0.15) is 10.5 Å². The van der Waals surface area contributed by atoms with Crippen LogP contribution in [0.5, 0.6) is 0 Å². The summed E-state index contributed by atoms with van der Waals surface area (Å²) in [6.07, 6.45) is 1.42. The average molecular weight is 362 g/mol. The predicted octanol–water partition coefficient (Wildman–Crippen LogP) is 2.79. The molecule has 1 unspecified atom stereocenters. The lowest BCUT2D eigenvalue weighted by atomic mass is 9.70. The summed E-state index contributed by atoms with van der Waals surface area (Å²) < 4.78 is 0. The van der Waals surface area contributed by atoms with Crippen LogP contribution in [0.25, 0.3) is 0 Å². The summed E-state index contributed by atoms with van der Waals surface area (Å²) in [5.74, 6) is -0.207. The van der Waals surface area contributed by atoms with Gasteiger partial charge < -0.3 is 10.2 Å². The number of Topliss-reactive ketones (excluding diaryl/α,β-unsaturated/α-hetero) is 1. The minimum Gasteiger partial charge on any atom is -0.345 e. The first-order chi connectivity index (χ1) is 12.8. The molecule has 1 N–H and O–H groups in total. The number of hydrogen-bond donors (Lipinski definition) is 1. The first kappa shape index (κ1) is 18.7. The minimum atomic E-state index is -0.244. The van der Waals surface area contributed by atoms with Gasteiger partial charge in [-0.3, -0.25) is 9.59 Å². The van der Waals surface area contributed by atoms with Crippen molar-refractivity contribution >= 4 is 17.4 Å². The Balaban J connectivity index is 1.93. The highest BCUT2D eigenvalue weighted by Gasteiger charge is 2.40. The average Bonchev–Trinajstić information content (AvgIpc) is 2.59. The van der Waals surface area contributed by atoms with Crippen LogP contribution in [0.4, 0.5) is 5.69 Å². The van der Waals surface area contributed by atoms with Gasteiger partial charge in [-0.1, -0.05) is 26.0 Å². The number of carbonyl (C=O) groups excluding carboxylic acids is 2. The van der Waals surface area contributed by atoms with E-state index in [1.165, 1.54) is 0 Å². The third-order valence-electron chi connectivity index (χ3n) is 5.13. The standard InChI is InChI=1S/C21H22N4O2/c1-21(2)12-17-20(18(26)13-21)16(11-19(27)24-17)14-3-5-15(6-4-14)25(9-7-22)10-8-23/h3-6,16H,9-13H2,1-2H3,(H,24,27). The van der Waals surface area contributed by atoms with Gasteiger partial charge in [0.15, 0.2) is 5.78 Å². The van der Waals surface area contributed by atoms with E-state index in [9.17, 15) is 9.59 Å². The molecule has 1 atom stereocenters. The maximum atomic E-state index is 12.8. The molecule has 0 saturated heterocycles. The Morgan fingerprint density at radius 2 is 1.74 bits per heavy atom. The topological polar surface area (TPSA) is 97.0 Å². The molecule has 0 bridgehead atoms. The molecule has 6 heteroatoms. The fourth-order valence-corrected chi connectivity index (χ4v) is 3.97. The van der Waals surface area contributed by atoms with Gasteiger partial charge >= 0.3 is 0 Å². The van der Waals surface area contributed by atoms with E-state index < -0.39 is 0 Å². The predicted molar refractivity (Wildman–Crippen MR) is 100 cm³/mol. The number of anilines is 1. The summed E-state index contributed by atoms with van der Waals surface area (Å²) in [6, 6.07) is 11.6. The molecule has 1 aromatic carbocycles. The second kappa shape index (κ2) is 7.25. The Hall–Kier alpha value is -3.12. The van der Waals surface area contributed by atoms with Crippen molar-refractivity contribution in [3.63, 3.8) is 0 Å². The molecular weight excluding hydrogens is 340 g/mol. The van der Waals surface area contributed by atoms with Gasteiger partial charge in [-0.05, 0) is 29.5 Å². The van der Waals surface area contributed by atoms with Crippen molar-refractivity contribution in [1.82, 2.24) is 5.32 Å². The van der Waals surface area contributed by atoms with Crippen molar-refractivity contribution in [3.05, 3.63) is 41.1 Å².